The molecule has 3 N–H and O–H groups in total. The van der Waals surface area contributed by atoms with Gasteiger partial charge >= 0.3 is 0 Å². The van der Waals surface area contributed by atoms with Crippen LogP contribution in [0.25, 0.3) is 0 Å². The molecule has 102 valence electrons. The Morgan fingerprint density at radius 3 is 2.89 bits per heavy atom. The molecule has 0 radical (unpaired) electrons. The number of nitrogens with one attached hydrogen (secondary N) is 1. The van der Waals surface area contributed by atoms with Crippen molar-refractivity contribution in [2.75, 3.05) is 5.75 Å². The number of aromatic nitrogens is 3. The van der Waals surface area contributed by atoms with E-state index in [9.17, 15) is 4.39 Å². The Morgan fingerprint density at radius 2 is 2.26 bits per heavy atom. The molecule has 1 unspecified atom stereocenters. The maximum atomic E-state index is 13.5. The molecule has 0 saturated heterocycles. The van der Waals surface area contributed by atoms with Gasteiger partial charge in [-0.05, 0) is 12.1 Å². The Labute approximate surface area is 115 Å². The summed E-state index contributed by atoms with van der Waals surface area (Å²) < 4.78 is 15.2. The van der Waals surface area contributed by atoms with Crippen molar-refractivity contribution in [3.05, 3.63) is 42.2 Å². The second kappa shape index (κ2) is 6.65. The molecular formula is C12H16FN5S. The summed E-state index contributed by atoms with van der Waals surface area (Å²) in [4.78, 5) is 4.77. The number of hydrogen-bond donors (Lipinski definition) is 2. The van der Waals surface area contributed by atoms with Gasteiger partial charge in [-0.2, -0.15) is 5.10 Å². The predicted molar refractivity (Wildman–Crippen MR) is 72.9 cm³/mol. The standard InChI is InChI=1S/C12H16FN5S/c1-18-12(15-8-16-18)6-9(17-14)7-19-11-5-3-2-4-10(11)13/h2-5,8-9,17H,6-7,14H2,1H3. The van der Waals surface area contributed by atoms with Crippen LogP contribution in [-0.4, -0.2) is 26.6 Å². The quantitative estimate of drug-likeness (QED) is 0.472. The lowest BCUT2D eigenvalue weighted by Gasteiger charge is -2.14. The smallest absolute Gasteiger partial charge is 0.138 e. The number of nitrogens with two attached hydrogens (primary N) is 1. The van der Waals surface area contributed by atoms with Gasteiger partial charge in [-0.15, -0.1) is 11.8 Å². The number of halogens is 1. The maximum Gasteiger partial charge on any atom is 0.138 e. The number of hydrogen-bond acceptors (Lipinski definition) is 5. The number of benzene rings is 1. The van der Waals surface area contributed by atoms with Crippen LogP contribution in [0.15, 0.2) is 35.5 Å². The van der Waals surface area contributed by atoms with Crippen LogP contribution in [0.2, 0.25) is 0 Å². The molecule has 1 aromatic heterocycles. The fourth-order valence-electron chi connectivity index (χ4n) is 1.64. The molecule has 0 aliphatic rings. The lowest BCUT2D eigenvalue weighted by Crippen LogP contribution is -2.39. The molecule has 0 fully saturated rings. The third-order valence-corrected chi connectivity index (χ3v) is 3.96. The molecule has 0 saturated carbocycles. The van der Waals surface area contributed by atoms with Crippen molar-refractivity contribution in [3.63, 3.8) is 0 Å². The molecule has 1 heterocycles. The molecule has 1 atom stereocenters. The van der Waals surface area contributed by atoms with Crippen molar-refractivity contribution in [3.8, 4) is 0 Å². The highest BCUT2D eigenvalue weighted by Crippen LogP contribution is 2.22. The fourth-order valence-corrected chi connectivity index (χ4v) is 2.62. The van der Waals surface area contributed by atoms with E-state index in [4.69, 9.17) is 5.84 Å². The zero-order chi connectivity index (χ0) is 13.7. The lowest BCUT2D eigenvalue weighted by molar-refractivity contribution is 0.543. The fraction of sp³-hybridized carbons (Fsp3) is 0.333. The minimum absolute atomic E-state index is 0.00695. The second-order valence-corrected chi connectivity index (χ2v) is 5.17. The third-order valence-electron chi connectivity index (χ3n) is 2.75. The summed E-state index contributed by atoms with van der Waals surface area (Å²) in [5, 5.41) is 4.01. The second-order valence-electron chi connectivity index (χ2n) is 4.11. The number of thioether (sulfide) groups is 1. The van der Waals surface area contributed by atoms with Crippen LogP contribution in [0.4, 0.5) is 4.39 Å². The maximum absolute atomic E-state index is 13.5. The van der Waals surface area contributed by atoms with Gasteiger partial charge in [0.05, 0.1) is 0 Å². The average molecular weight is 281 g/mol. The van der Waals surface area contributed by atoms with E-state index in [-0.39, 0.29) is 11.9 Å². The summed E-state index contributed by atoms with van der Waals surface area (Å²) in [6.45, 7) is 0. The van der Waals surface area contributed by atoms with Gasteiger partial charge in [-0.25, -0.2) is 9.37 Å². The third kappa shape index (κ3) is 3.76. The first kappa shape index (κ1) is 14.0. The topological polar surface area (TPSA) is 68.8 Å². The van der Waals surface area contributed by atoms with Crippen LogP contribution >= 0.6 is 11.8 Å². The van der Waals surface area contributed by atoms with E-state index in [0.717, 1.165) is 5.82 Å². The van der Waals surface area contributed by atoms with E-state index in [0.29, 0.717) is 17.1 Å². The van der Waals surface area contributed by atoms with E-state index < -0.39 is 0 Å². The van der Waals surface area contributed by atoms with Crippen LogP contribution in [0.3, 0.4) is 0 Å². The molecule has 19 heavy (non-hydrogen) atoms. The Morgan fingerprint density at radius 1 is 1.47 bits per heavy atom. The lowest BCUT2D eigenvalue weighted by atomic mass is 10.2. The highest BCUT2D eigenvalue weighted by atomic mass is 32.2. The van der Waals surface area contributed by atoms with E-state index in [1.807, 2.05) is 13.1 Å². The van der Waals surface area contributed by atoms with Gasteiger partial charge in [0.15, 0.2) is 0 Å². The Bertz CT molecular complexity index is 530. The molecule has 0 spiro atoms. The van der Waals surface area contributed by atoms with Crippen LogP contribution in [0.5, 0.6) is 0 Å². The van der Waals surface area contributed by atoms with Crippen LogP contribution in [0.1, 0.15) is 5.82 Å². The summed E-state index contributed by atoms with van der Waals surface area (Å²) in [6.07, 6.45) is 2.15. The molecule has 0 aliphatic carbocycles. The van der Waals surface area contributed by atoms with E-state index in [1.165, 1.54) is 24.2 Å². The minimum Gasteiger partial charge on any atom is -0.271 e. The van der Waals surface area contributed by atoms with Crippen molar-refractivity contribution < 1.29 is 4.39 Å². The Kier molecular flexibility index (Phi) is 4.89. The number of rotatable bonds is 6. The van der Waals surface area contributed by atoms with Gasteiger partial charge in [0, 0.05) is 30.2 Å². The molecular weight excluding hydrogens is 265 g/mol. The summed E-state index contributed by atoms with van der Waals surface area (Å²) in [6, 6.07) is 6.72. The van der Waals surface area contributed by atoms with Crippen molar-refractivity contribution >= 4 is 11.8 Å². The minimum atomic E-state index is -0.207. The largest absolute Gasteiger partial charge is 0.271 e. The summed E-state index contributed by atoms with van der Waals surface area (Å²) >= 11 is 1.43. The van der Waals surface area contributed by atoms with Gasteiger partial charge in [0.1, 0.15) is 18.0 Å². The summed E-state index contributed by atoms with van der Waals surface area (Å²) in [5.41, 5.74) is 2.73. The van der Waals surface area contributed by atoms with Gasteiger partial charge in [0.25, 0.3) is 0 Å². The number of aryl methyl sites for hydroxylation is 1. The molecule has 7 heteroatoms. The average Bonchev–Trinajstić information content (AvgIpc) is 2.81. The zero-order valence-corrected chi connectivity index (χ0v) is 11.4. The van der Waals surface area contributed by atoms with Gasteiger partial charge in [0.2, 0.25) is 0 Å². The monoisotopic (exact) mass is 281 g/mol. The normalized spacial score (nSPS) is 12.6. The Balaban J connectivity index is 1.93. The van der Waals surface area contributed by atoms with Crippen molar-refractivity contribution in [1.82, 2.24) is 20.2 Å². The molecule has 0 bridgehead atoms. The highest BCUT2D eigenvalue weighted by molar-refractivity contribution is 7.99. The van der Waals surface area contributed by atoms with E-state index >= 15 is 0 Å². The molecule has 2 aromatic rings. The molecule has 5 nitrogen and oxygen atoms in total. The first-order valence-corrected chi connectivity index (χ1v) is 6.85. The molecule has 0 amide bonds. The SMILES string of the molecule is Cn1ncnc1CC(CSc1ccccc1F)NN. The van der Waals surface area contributed by atoms with Gasteiger partial charge < -0.3 is 0 Å². The van der Waals surface area contributed by atoms with Crippen molar-refractivity contribution in [2.24, 2.45) is 12.9 Å². The van der Waals surface area contributed by atoms with Crippen LogP contribution < -0.4 is 11.3 Å². The molecule has 2 rings (SSSR count). The summed E-state index contributed by atoms with van der Waals surface area (Å²) in [5.74, 6) is 6.82. The molecule has 0 aliphatic heterocycles. The highest BCUT2D eigenvalue weighted by Gasteiger charge is 2.13. The first-order valence-electron chi connectivity index (χ1n) is 5.87. The van der Waals surface area contributed by atoms with Gasteiger partial charge in [-0.3, -0.25) is 16.0 Å². The van der Waals surface area contributed by atoms with Crippen LogP contribution in [0, 0.1) is 5.82 Å². The van der Waals surface area contributed by atoms with E-state index in [2.05, 4.69) is 15.5 Å². The first-order chi connectivity index (χ1) is 9.20. The number of hydrazine groups is 1. The van der Waals surface area contributed by atoms with Gasteiger partial charge in [-0.1, -0.05) is 12.1 Å². The summed E-state index contributed by atoms with van der Waals surface area (Å²) in [7, 11) is 1.83. The Hall–Kier alpha value is -1.44. The van der Waals surface area contributed by atoms with Crippen LogP contribution in [-0.2, 0) is 13.5 Å². The van der Waals surface area contributed by atoms with Crippen molar-refractivity contribution in [2.45, 2.75) is 17.4 Å². The molecule has 1 aromatic carbocycles. The zero-order valence-electron chi connectivity index (χ0n) is 10.6. The predicted octanol–water partition coefficient (Wildman–Crippen LogP) is 1.12. The van der Waals surface area contributed by atoms with Crippen molar-refractivity contribution in [1.29, 1.82) is 0 Å². The number of nitrogens with zero attached hydrogens (tertiary/aromatic N) is 3. The van der Waals surface area contributed by atoms with E-state index in [1.54, 1.807) is 16.8 Å².